The molecule has 0 heterocycles. The molecule has 0 amide bonds. The standard InChI is InChI=1S/C14H4Br2I2O2/c15-9-1-5-6-2-10(16)12(18)4-8(6)14(20)13(19)7(5)3-11(9)17/h1-4H. The maximum Gasteiger partial charge on any atom is 0.234 e. The zero-order chi connectivity index (χ0) is 14.6. The smallest absolute Gasteiger partial charge is 0.234 e. The highest BCUT2D eigenvalue weighted by Gasteiger charge is 2.31. The minimum atomic E-state index is -0.434. The van der Waals surface area contributed by atoms with E-state index in [1.54, 1.807) is 12.1 Å². The number of hydrogen-bond donors (Lipinski definition) is 0. The van der Waals surface area contributed by atoms with E-state index in [-0.39, 0.29) is 0 Å². The van der Waals surface area contributed by atoms with Crippen LogP contribution in [0.25, 0.3) is 11.1 Å². The van der Waals surface area contributed by atoms with Crippen molar-refractivity contribution in [1.29, 1.82) is 0 Å². The first-order chi connectivity index (χ1) is 9.40. The highest BCUT2D eigenvalue weighted by molar-refractivity contribution is 14.1. The maximum atomic E-state index is 12.3. The lowest BCUT2D eigenvalue weighted by molar-refractivity contribution is 0.0815. The lowest BCUT2D eigenvalue weighted by Gasteiger charge is -2.19. The Kier molecular flexibility index (Phi) is 4.11. The zero-order valence-corrected chi connectivity index (χ0v) is 17.1. The molecule has 3 rings (SSSR count). The summed E-state index contributed by atoms with van der Waals surface area (Å²) in [6.45, 7) is 0. The first-order valence-corrected chi connectivity index (χ1v) is 9.22. The average Bonchev–Trinajstić information content (AvgIpc) is 2.41. The van der Waals surface area contributed by atoms with Crippen LogP contribution in [0.15, 0.2) is 33.2 Å². The number of benzene rings is 2. The molecule has 0 saturated heterocycles. The van der Waals surface area contributed by atoms with E-state index in [0.717, 1.165) is 27.2 Å². The Morgan fingerprint density at radius 1 is 0.650 bits per heavy atom. The van der Waals surface area contributed by atoms with Crippen LogP contribution in [-0.4, -0.2) is 11.6 Å². The monoisotopic (exact) mass is 616 g/mol. The summed E-state index contributed by atoms with van der Waals surface area (Å²) in [4.78, 5) is 24.5. The maximum absolute atomic E-state index is 12.3. The molecule has 0 fully saturated rings. The van der Waals surface area contributed by atoms with Gasteiger partial charge in [0.15, 0.2) is 0 Å². The van der Waals surface area contributed by atoms with Crippen LogP contribution >= 0.6 is 77.0 Å². The second kappa shape index (κ2) is 5.44. The Bertz CT molecular complexity index is 733. The first kappa shape index (κ1) is 15.1. The van der Waals surface area contributed by atoms with E-state index < -0.39 is 11.6 Å². The molecule has 0 bridgehead atoms. The van der Waals surface area contributed by atoms with Gasteiger partial charge in [0.25, 0.3) is 0 Å². The van der Waals surface area contributed by atoms with Crippen molar-refractivity contribution in [2.75, 3.05) is 0 Å². The number of rotatable bonds is 0. The largest absolute Gasteiger partial charge is 0.285 e. The summed E-state index contributed by atoms with van der Waals surface area (Å²) < 4.78 is 3.66. The van der Waals surface area contributed by atoms with Crippen molar-refractivity contribution in [3.63, 3.8) is 0 Å². The number of ketones is 2. The normalized spacial score (nSPS) is 13.2. The van der Waals surface area contributed by atoms with Crippen molar-refractivity contribution >= 4 is 88.6 Å². The zero-order valence-electron chi connectivity index (χ0n) is 9.64. The molecule has 0 atom stereocenters. The van der Waals surface area contributed by atoms with Crippen molar-refractivity contribution in [3.8, 4) is 11.1 Å². The molecule has 1 aliphatic carbocycles. The molecule has 0 radical (unpaired) electrons. The number of fused-ring (bicyclic) bond motifs is 3. The molecule has 2 aromatic carbocycles. The van der Waals surface area contributed by atoms with Gasteiger partial charge in [-0.25, -0.2) is 0 Å². The molecule has 0 N–H and O–H groups in total. The van der Waals surface area contributed by atoms with Crippen molar-refractivity contribution in [2.45, 2.75) is 0 Å². The van der Waals surface area contributed by atoms with E-state index in [0.29, 0.717) is 11.1 Å². The Labute approximate surface area is 159 Å². The summed E-state index contributed by atoms with van der Waals surface area (Å²) in [7, 11) is 0. The van der Waals surface area contributed by atoms with Crippen LogP contribution in [-0.2, 0) is 0 Å². The third kappa shape index (κ3) is 2.32. The van der Waals surface area contributed by atoms with Gasteiger partial charge in [0.1, 0.15) is 0 Å². The predicted octanol–water partition coefficient (Wildman–Crippen LogP) is 5.47. The molecule has 1 aliphatic rings. The van der Waals surface area contributed by atoms with Crippen LogP contribution in [0.3, 0.4) is 0 Å². The minimum Gasteiger partial charge on any atom is -0.285 e. The van der Waals surface area contributed by atoms with Gasteiger partial charge in [-0.1, -0.05) is 0 Å². The van der Waals surface area contributed by atoms with E-state index >= 15 is 0 Å². The van der Waals surface area contributed by atoms with E-state index in [1.165, 1.54) is 0 Å². The molecule has 2 aromatic rings. The third-order valence-electron chi connectivity index (χ3n) is 3.11. The van der Waals surface area contributed by atoms with Crippen molar-refractivity contribution < 1.29 is 9.59 Å². The van der Waals surface area contributed by atoms with Gasteiger partial charge < -0.3 is 0 Å². The summed E-state index contributed by atoms with van der Waals surface area (Å²) in [6.07, 6.45) is 0. The minimum absolute atomic E-state index is 0.434. The van der Waals surface area contributed by atoms with Crippen LogP contribution < -0.4 is 0 Å². The number of halogens is 4. The van der Waals surface area contributed by atoms with Gasteiger partial charge in [0.05, 0.1) is 0 Å². The van der Waals surface area contributed by atoms with Gasteiger partial charge in [-0.05, 0) is 112 Å². The predicted molar refractivity (Wildman–Crippen MR) is 101 cm³/mol. The van der Waals surface area contributed by atoms with Crippen molar-refractivity contribution in [1.82, 2.24) is 0 Å². The summed E-state index contributed by atoms with van der Waals surface area (Å²) in [5, 5.41) is 0. The van der Waals surface area contributed by atoms with Gasteiger partial charge in [-0.3, -0.25) is 9.59 Å². The molecule has 20 heavy (non-hydrogen) atoms. The quantitative estimate of drug-likeness (QED) is 0.291. The average molecular weight is 618 g/mol. The summed E-state index contributed by atoms with van der Waals surface area (Å²) in [5.41, 5.74) is 2.55. The Morgan fingerprint density at radius 3 is 1.35 bits per heavy atom. The van der Waals surface area contributed by atoms with Crippen LogP contribution in [0.2, 0.25) is 0 Å². The highest BCUT2D eigenvalue weighted by atomic mass is 127. The fraction of sp³-hybridized carbons (Fsp3) is 0. The molecule has 0 aliphatic heterocycles. The molecule has 2 nitrogen and oxygen atoms in total. The number of Topliss-reactive ketones (excluding diaryl/α,β-unsaturated/α-hetero) is 2. The Hall–Kier alpha value is 0.200. The summed E-state index contributed by atoms with van der Waals surface area (Å²) in [6, 6.07) is 7.32. The number of hydrogen-bond acceptors (Lipinski definition) is 2. The molecule has 0 unspecified atom stereocenters. The Morgan fingerprint density at radius 2 is 1.00 bits per heavy atom. The van der Waals surface area contributed by atoms with Gasteiger partial charge in [0, 0.05) is 27.2 Å². The van der Waals surface area contributed by atoms with Crippen molar-refractivity contribution in [3.05, 3.63) is 51.5 Å². The first-order valence-electron chi connectivity index (χ1n) is 5.47. The van der Waals surface area contributed by atoms with Gasteiger partial charge in [0.2, 0.25) is 11.6 Å². The number of carbonyl (C=O) groups excluding carboxylic acids is 2. The lowest BCUT2D eigenvalue weighted by Crippen LogP contribution is -2.21. The molecule has 0 spiro atoms. The molecule has 100 valence electrons. The van der Waals surface area contributed by atoms with Gasteiger partial charge >= 0.3 is 0 Å². The van der Waals surface area contributed by atoms with Gasteiger partial charge in [-0.2, -0.15) is 0 Å². The second-order valence-corrected chi connectivity index (χ2v) is 8.32. The van der Waals surface area contributed by atoms with Crippen LogP contribution in [0.1, 0.15) is 20.7 Å². The Balaban J connectivity index is 2.42. The SMILES string of the molecule is O=C1C(=O)c2cc(I)c(Br)cc2-c2cc(Br)c(I)cc21. The fourth-order valence-corrected chi connectivity index (χ4v) is 3.78. The summed E-state index contributed by atoms with van der Waals surface area (Å²) in [5.74, 6) is -0.868. The lowest BCUT2D eigenvalue weighted by atomic mass is 9.84. The third-order valence-corrected chi connectivity index (χ3v) is 7.69. The molecule has 0 aromatic heterocycles. The van der Waals surface area contributed by atoms with Crippen LogP contribution in [0.5, 0.6) is 0 Å². The summed E-state index contributed by atoms with van der Waals surface area (Å²) >= 11 is 11.2. The fourth-order valence-electron chi connectivity index (χ4n) is 2.16. The van der Waals surface area contributed by atoms with Crippen LogP contribution in [0, 0.1) is 7.14 Å². The van der Waals surface area contributed by atoms with E-state index in [9.17, 15) is 9.59 Å². The molecular weight excluding hydrogens is 614 g/mol. The molecule has 6 heteroatoms. The topological polar surface area (TPSA) is 34.1 Å². The molecular formula is C14H4Br2I2O2. The van der Waals surface area contributed by atoms with E-state index in [1.807, 2.05) is 12.1 Å². The number of carbonyl (C=O) groups is 2. The molecule has 0 saturated carbocycles. The van der Waals surface area contributed by atoms with Crippen LogP contribution in [0.4, 0.5) is 0 Å². The van der Waals surface area contributed by atoms with Crippen molar-refractivity contribution in [2.24, 2.45) is 0 Å². The van der Waals surface area contributed by atoms with Gasteiger partial charge in [-0.15, -0.1) is 0 Å². The highest BCUT2D eigenvalue weighted by Crippen LogP contribution is 2.39. The second-order valence-electron chi connectivity index (χ2n) is 4.28. The van der Waals surface area contributed by atoms with E-state index in [4.69, 9.17) is 0 Å². The van der Waals surface area contributed by atoms with E-state index in [2.05, 4.69) is 77.0 Å².